The molecular weight excluding hydrogens is 272 g/mol. The molecule has 0 aliphatic carbocycles. The first-order chi connectivity index (χ1) is 10.7. The summed E-state index contributed by atoms with van der Waals surface area (Å²) in [6.45, 7) is 2.06. The molecule has 0 spiro atoms. The number of nitrogens with one attached hydrogen (secondary N) is 1. The van der Waals surface area contributed by atoms with E-state index in [-0.39, 0.29) is 11.9 Å². The SMILES string of the molecule is CN1CCCC(NC(=O)c2ccc(-c3ccccc3)cc2)C1. The molecule has 1 aliphatic heterocycles. The van der Waals surface area contributed by atoms with Gasteiger partial charge in [0.2, 0.25) is 0 Å². The zero-order valence-electron chi connectivity index (χ0n) is 13.0. The van der Waals surface area contributed by atoms with Crippen LogP contribution >= 0.6 is 0 Å². The van der Waals surface area contributed by atoms with Crippen LogP contribution < -0.4 is 5.32 Å². The third-order valence-electron chi connectivity index (χ3n) is 4.21. The summed E-state index contributed by atoms with van der Waals surface area (Å²) >= 11 is 0. The molecule has 3 rings (SSSR count). The quantitative estimate of drug-likeness (QED) is 0.943. The lowest BCUT2D eigenvalue weighted by Gasteiger charge is -2.30. The summed E-state index contributed by atoms with van der Waals surface area (Å²) in [6.07, 6.45) is 2.21. The standard InChI is InChI=1S/C19H22N2O/c1-21-13-5-8-18(14-21)20-19(22)17-11-9-16(10-12-17)15-6-3-2-4-7-15/h2-4,6-7,9-12,18H,5,8,13-14H2,1H3,(H,20,22). The van der Waals surface area contributed by atoms with Gasteiger partial charge in [-0.1, -0.05) is 42.5 Å². The van der Waals surface area contributed by atoms with Crippen molar-refractivity contribution in [3.63, 3.8) is 0 Å². The van der Waals surface area contributed by atoms with Gasteiger partial charge in [-0.15, -0.1) is 0 Å². The van der Waals surface area contributed by atoms with Crippen LogP contribution in [0.3, 0.4) is 0 Å². The van der Waals surface area contributed by atoms with Crippen molar-refractivity contribution in [2.45, 2.75) is 18.9 Å². The molecule has 1 saturated heterocycles. The van der Waals surface area contributed by atoms with E-state index in [0.29, 0.717) is 0 Å². The first-order valence-corrected chi connectivity index (χ1v) is 7.87. The highest BCUT2D eigenvalue weighted by atomic mass is 16.1. The number of nitrogens with zero attached hydrogens (tertiary/aromatic N) is 1. The lowest BCUT2D eigenvalue weighted by molar-refractivity contribution is 0.0912. The minimum absolute atomic E-state index is 0.0277. The molecule has 1 heterocycles. The first kappa shape index (κ1) is 14.8. The molecule has 1 aliphatic rings. The molecular formula is C19H22N2O. The van der Waals surface area contributed by atoms with Crippen molar-refractivity contribution >= 4 is 5.91 Å². The van der Waals surface area contributed by atoms with E-state index < -0.39 is 0 Å². The van der Waals surface area contributed by atoms with Gasteiger partial charge in [-0.3, -0.25) is 4.79 Å². The van der Waals surface area contributed by atoms with Crippen molar-refractivity contribution in [3.8, 4) is 11.1 Å². The summed E-state index contributed by atoms with van der Waals surface area (Å²) < 4.78 is 0. The van der Waals surface area contributed by atoms with E-state index in [0.717, 1.165) is 37.1 Å². The number of likely N-dealkylation sites (N-methyl/N-ethyl adjacent to an activating group) is 1. The topological polar surface area (TPSA) is 32.3 Å². The number of carbonyl (C=O) groups is 1. The molecule has 1 unspecified atom stereocenters. The van der Waals surface area contributed by atoms with Gasteiger partial charge < -0.3 is 10.2 Å². The van der Waals surface area contributed by atoms with Crippen LogP contribution in [0, 0.1) is 0 Å². The predicted octanol–water partition coefficient (Wildman–Crippen LogP) is 3.18. The smallest absolute Gasteiger partial charge is 0.251 e. The van der Waals surface area contributed by atoms with Gasteiger partial charge in [0, 0.05) is 18.2 Å². The van der Waals surface area contributed by atoms with Crippen LogP contribution in [0.2, 0.25) is 0 Å². The van der Waals surface area contributed by atoms with Crippen molar-refractivity contribution in [2.75, 3.05) is 20.1 Å². The molecule has 2 aromatic carbocycles. The fourth-order valence-corrected chi connectivity index (χ4v) is 3.00. The lowest BCUT2D eigenvalue weighted by atomic mass is 10.0. The maximum absolute atomic E-state index is 12.3. The second-order valence-electron chi connectivity index (χ2n) is 6.02. The van der Waals surface area contributed by atoms with Crippen LogP contribution in [0.1, 0.15) is 23.2 Å². The van der Waals surface area contributed by atoms with Crippen LogP contribution in [0.4, 0.5) is 0 Å². The summed E-state index contributed by atoms with van der Waals surface area (Å²) in [5.41, 5.74) is 3.03. The molecule has 3 heteroatoms. The van der Waals surface area contributed by atoms with Gasteiger partial charge in [-0.25, -0.2) is 0 Å². The molecule has 1 amide bonds. The fraction of sp³-hybridized carbons (Fsp3) is 0.316. The zero-order valence-corrected chi connectivity index (χ0v) is 13.0. The molecule has 3 nitrogen and oxygen atoms in total. The van der Waals surface area contributed by atoms with E-state index in [2.05, 4.69) is 29.4 Å². The van der Waals surface area contributed by atoms with E-state index in [1.54, 1.807) is 0 Å². The summed E-state index contributed by atoms with van der Waals surface area (Å²) in [6, 6.07) is 18.3. The zero-order chi connectivity index (χ0) is 15.4. The molecule has 22 heavy (non-hydrogen) atoms. The molecule has 1 N–H and O–H groups in total. The largest absolute Gasteiger partial charge is 0.348 e. The predicted molar refractivity (Wildman–Crippen MR) is 89.9 cm³/mol. The number of amides is 1. The number of piperidine rings is 1. The minimum atomic E-state index is 0.0277. The van der Waals surface area contributed by atoms with Gasteiger partial charge in [0.1, 0.15) is 0 Å². The number of hydrogen-bond donors (Lipinski definition) is 1. The Labute approximate surface area is 132 Å². The Bertz CT molecular complexity index is 622. The maximum Gasteiger partial charge on any atom is 0.251 e. The minimum Gasteiger partial charge on any atom is -0.348 e. The van der Waals surface area contributed by atoms with E-state index in [1.807, 2.05) is 42.5 Å². The van der Waals surface area contributed by atoms with Gasteiger partial charge in [0.25, 0.3) is 5.91 Å². The Kier molecular flexibility index (Phi) is 4.54. The van der Waals surface area contributed by atoms with Crippen LogP contribution in [0.25, 0.3) is 11.1 Å². The number of benzene rings is 2. The lowest BCUT2D eigenvalue weighted by Crippen LogP contribution is -2.46. The Hall–Kier alpha value is -2.13. The summed E-state index contributed by atoms with van der Waals surface area (Å²) in [5, 5.41) is 3.14. The highest BCUT2D eigenvalue weighted by Gasteiger charge is 2.19. The number of carbonyl (C=O) groups excluding carboxylic acids is 1. The molecule has 1 atom stereocenters. The summed E-state index contributed by atoms with van der Waals surface area (Å²) in [5.74, 6) is 0.0277. The van der Waals surface area contributed by atoms with Gasteiger partial charge in [0.15, 0.2) is 0 Å². The monoisotopic (exact) mass is 294 g/mol. The molecule has 0 radical (unpaired) electrons. The number of rotatable bonds is 3. The first-order valence-electron chi connectivity index (χ1n) is 7.87. The van der Waals surface area contributed by atoms with Crippen LogP contribution in [-0.4, -0.2) is 37.0 Å². The number of hydrogen-bond acceptors (Lipinski definition) is 2. The Morgan fingerprint density at radius 1 is 1.05 bits per heavy atom. The van der Waals surface area contributed by atoms with E-state index in [1.165, 1.54) is 5.56 Å². The third-order valence-corrected chi connectivity index (χ3v) is 4.21. The van der Waals surface area contributed by atoms with E-state index in [4.69, 9.17) is 0 Å². The third kappa shape index (κ3) is 3.55. The Balaban J connectivity index is 1.66. The van der Waals surface area contributed by atoms with Crippen molar-refractivity contribution in [1.82, 2.24) is 10.2 Å². The Morgan fingerprint density at radius 2 is 1.73 bits per heavy atom. The van der Waals surface area contributed by atoms with Gasteiger partial charge in [-0.05, 0) is 49.7 Å². The number of likely N-dealkylation sites (tertiary alicyclic amines) is 1. The molecule has 0 saturated carbocycles. The average molecular weight is 294 g/mol. The van der Waals surface area contributed by atoms with Crippen LogP contribution in [0.5, 0.6) is 0 Å². The van der Waals surface area contributed by atoms with Gasteiger partial charge in [0.05, 0.1) is 0 Å². The van der Waals surface area contributed by atoms with E-state index in [9.17, 15) is 4.79 Å². The van der Waals surface area contributed by atoms with Crippen molar-refractivity contribution in [3.05, 3.63) is 60.2 Å². The summed E-state index contributed by atoms with van der Waals surface area (Å²) in [4.78, 5) is 14.6. The van der Waals surface area contributed by atoms with Crippen molar-refractivity contribution in [2.24, 2.45) is 0 Å². The summed E-state index contributed by atoms with van der Waals surface area (Å²) in [7, 11) is 2.10. The molecule has 114 valence electrons. The Morgan fingerprint density at radius 3 is 2.41 bits per heavy atom. The maximum atomic E-state index is 12.3. The molecule has 0 bridgehead atoms. The van der Waals surface area contributed by atoms with Gasteiger partial charge >= 0.3 is 0 Å². The van der Waals surface area contributed by atoms with Crippen LogP contribution in [-0.2, 0) is 0 Å². The average Bonchev–Trinajstić information content (AvgIpc) is 2.56. The molecule has 1 fully saturated rings. The van der Waals surface area contributed by atoms with E-state index >= 15 is 0 Å². The highest BCUT2D eigenvalue weighted by Crippen LogP contribution is 2.19. The molecule has 2 aromatic rings. The second-order valence-corrected chi connectivity index (χ2v) is 6.02. The fourth-order valence-electron chi connectivity index (χ4n) is 3.00. The van der Waals surface area contributed by atoms with Crippen molar-refractivity contribution in [1.29, 1.82) is 0 Å². The molecule has 0 aromatic heterocycles. The van der Waals surface area contributed by atoms with Crippen molar-refractivity contribution < 1.29 is 4.79 Å². The normalized spacial score (nSPS) is 18.9. The van der Waals surface area contributed by atoms with Crippen LogP contribution in [0.15, 0.2) is 54.6 Å². The second kappa shape index (κ2) is 6.75. The highest BCUT2D eigenvalue weighted by molar-refractivity contribution is 5.94. The van der Waals surface area contributed by atoms with Gasteiger partial charge in [-0.2, -0.15) is 0 Å².